The van der Waals surface area contributed by atoms with Crippen molar-refractivity contribution in [3.8, 4) is 0 Å². The molecule has 0 aliphatic rings. The highest BCUT2D eigenvalue weighted by Crippen LogP contribution is 2.16. The van der Waals surface area contributed by atoms with Crippen LogP contribution in [0.2, 0.25) is 0 Å². The van der Waals surface area contributed by atoms with E-state index in [0.717, 1.165) is 4.47 Å². The van der Waals surface area contributed by atoms with Gasteiger partial charge in [0.1, 0.15) is 0 Å². The van der Waals surface area contributed by atoms with Gasteiger partial charge in [-0.15, -0.1) is 0 Å². The van der Waals surface area contributed by atoms with Crippen molar-refractivity contribution < 1.29 is 14.3 Å². The highest BCUT2D eigenvalue weighted by molar-refractivity contribution is 9.10. The minimum Gasteiger partial charge on any atom is -0.467 e. The monoisotopic (exact) mass is 347 g/mol. The Hall–Kier alpha value is -2.14. The summed E-state index contributed by atoms with van der Waals surface area (Å²) in [5, 5.41) is 2.69. The minimum absolute atomic E-state index is 0.337. The van der Waals surface area contributed by atoms with E-state index >= 15 is 0 Å². The average Bonchev–Trinajstić information content (AvgIpc) is 2.52. The lowest BCUT2D eigenvalue weighted by Crippen LogP contribution is -2.34. The largest absolute Gasteiger partial charge is 0.467 e. The van der Waals surface area contributed by atoms with Gasteiger partial charge in [0.25, 0.3) is 5.91 Å². The minimum atomic E-state index is -0.831. The Morgan fingerprint density at radius 2 is 1.81 bits per heavy atom. The molecule has 0 spiro atoms. The molecule has 4 nitrogen and oxygen atoms in total. The van der Waals surface area contributed by atoms with Crippen LogP contribution in [0.5, 0.6) is 0 Å². The number of ether oxygens (including phenoxy) is 1. The topological polar surface area (TPSA) is 55.4 Å². The molecule has 2 aromatic carbocycles. The zero-order valence-electron chi connectivity index (χ0n) is 11.4. The van der Waals surface area contributed by atoms with Crippen LogP contribution in [0.25, 0.3) is 0 Å². The Bertz CT molecular complexity index is 643. The van der Waals surface area contributed by atoms with Crippen molar-refractivity contribution in [2.45, 2.75) is 6.04 Å². The first-order chi connectivity index (χ1) is 10.1. The number of halogens is 1. The van der Waals surface area contributed by atoms with E-state index in [1.807, 2.05) is 12.1 Å². The molecule has 108 valence electrons. The van der Waals surface area contributed by atoms with Gasteiger partial charge in [0, 0.05) is 10.0 Å². The number of hydrogen-bond donors (Lipinski definition) is 1. The van der Waals surface area contributed by atoms with Crippen LogP contribution in [0.15, 0.2) is 59.1 Å². The first-order valence-corrected chi connectivity index (χ1v) is 7.10. The zero-order valence-corrected chi connectivity index (χ0v) is 13.0. The maximum Gasteiger partial charge on any atom is 0.333 e. The normalized spacial score (nSPS) is 11.5. The maximum absolute atomic E-state index is 12.3. The van der Waals surface area contributed by atoms with Crippen molar-refractivity contribution in [3.63, 3.8) is 0 Å². The van der Waals surface area contributed by atoms with Crippen LogP contribution in [0.4, 0.5) is 0 Å². The molecule has 0 aliphatic heterocycles. The number of methoxy groups -OCH3 is 1. The van der Waals surface area contributed by atoms with Crippen molar-refractivity contribution in [1.29, 1.82) is 0 Å². The number of nitrogens with one attached hydrogen (secondary N) is 1. The molecule has 0 aliphatic carbocycles. The molecule has 0 radical (unpaired) electrons. The van der Waals surface area contributed by atoms with E-state index in [2.05, 4.69) is 21.2 Å². The van der Waals surface area contributed by atoms with E-state index in [1.165, 1.54) is 7.11 Å². The first-order valence-electron chi connectivity index (χ1n) is 6.31. The van der Waals surface area contributed by atoms with Crippen LogP contribution in [0.3, 0.4) is 0 Å². The third-order valence-corrected chi connectivity index (χ3v) is 3.43. The molecule has 2 rings (SSSR count). The molecular weight excluding hydrogens is 334 g/mol. The van der Waals surface area contributed by atoms with Crippen LogP contribution >= 0.6 is 15.9 Å². The molecule has 21 heavy (non-hydrogen) atoms. The number of carbonyl (C=O) groups excluding carboxylic acids is 2. The Morgan fingerprint density at radius 3 is 2.43 bits per heavy atom. The molecule has 0 aromatic heterocycles. The quantitative estimate of drug-likeness (QED) is 0.864. The summed E-state index contributed by atoms with van der Waals surface area (Å²) in [6, 6.07) is 15.1. The molecular formula is C16H14BrNO3. The van der Waals surface area contributed by atoms with Gasteiger partial charge in [0.05, 0.1) is 7.11 Å². The predicted molar refractivity (Wildman–Crippen MR) is 82.8 cm³/mol. The lowest BCUT2D eigenvalue weighted by molar-refractivity contribution is -0.143. The molecule has 0 saturated carbocycles. The summed E-state index contributed by atoms with van der Waals surface area (Å²) in [6.45, 7) is 0. The second-order valence-electron chi connectivity index (χ2n) is 4.35. The van der Waals surface area contributed by atoms with E-state index in [9.17, 15) is 9.59 Å². The summed E-state index contributed by atoms with van der Waals surface area (Å²) in [5.41, 5.74) is 1.14. The number of amides is 1. The van der Waals surface area contributed by atoms with Gasteiger partial charge < -0.3 is 10.1 Å². The third-order valence-electron chi connectivity index (χ3n) is 2.93. The van der Waals surface area contributed by atoms with E-state index in [0.29, 0.717) is 11.1 Å². The molecule has 0 saturated heterocycles. The van der Waals surface area contributed by atoms with Crippen molar-refractivity contribution in [2.24, 2.45) is 0 Å². The Balaban J connectivity index is 2.23. The van der Waals surface area contributed by atoms with Gasteiger partial charge in [-0.3, -0.25) is 4.79 Å². The highest BCUT2D eigenvalue weighted by Gasteiger charge is 2.23. The Labute approximate surface area is 131 Å². The van der Waals surface area contributed by atoms with Gasteiger partial charge in [0.15, 0.2) is 6.04 Å². The van der Waals surface area contributed by atoms with E-state index < -0.39 is 12.0 Å². The first kappa shape index (κ1) is 15.3. The van der Waals surface area contributed by atoms with Crippen LogP contribution < -0.4 is 5.32 Å². The van der Waals surface area contributed by atoms with Gasteiger partial charge in [-0.05, 0) is 23.8 Å². The van der Waals surface area contributed by atoms with E-state index in [-0.39, 0.29) is 5.91 Å². The average molecular weight is 348 g/mol. The van der Waals surface area contributed by atoms with Gasteiger partial charge in [0.2, 0.25) is 0 Å². The maximum atomic E-state index is 12.3. The number of carbonyl (C=O) groups is 2. The van der Waals surface area contributed by atoms with Crippen LogP contribution in [-0.4, -0.2) is 19.0 Å². The SMILES string of the molecule is COC(=O)[C@H](NC(=O)c1cccc(Br)c1)c1ccccc1. The van der Waals surface area contributed by atoms with Gasteiger partial charge in [-0.1, -0.05) is 52.3 Å². The van der Waals surface area contributed by atoms with Crippen LogP contribution in [0.1, 0.15) is 22.0 Å². The molecule has 0 heterocycles. The summed E-state index contributed by atoms with van der Waals surface area (Å²) in [6.07, 6.45) is 0. The summed E-state index contributed by atoms with van der Waals surface area (Å²) in [7, 11) is 1.30. The number of benzene rings is 2. The van der Waals surface area contributed by atoms with Crippen LogP contribution in [0, 0.1) is 0 Å². The molecule has 2 aromatic rings. The summed E-state index contributed by atoms with van der Waals surface area (Å²) in [4.78, 5) is 24.2. The lowest BCUT2D eigenvalue weighted by Gasteiger charge is -2.17. The number of hydrogen-bond acceptors (Lipinski definition) is 3. The van der Waals surface area contributed by atoms with E-state index in [4.69, 9.17) is 4.74 Å². The van der Waals surface area contributed by atoms with Gasteiger partial charge in [-0.2, -0.15) is 0 Å². The highest BCUT2D eigenvalue weighted by atomic mass is 79.9. The van der Waals surface area contributed by atoms with Crippen molar-refractivity contribution in [1.82, 2.24) is 5.32 Å². The smallest absolute Gasteiger partial charge is 0.333 e. The lowest BCUT2D eigenvalue weighted by atomic mass is 10.1. The predicted octanol–water partition coefficient (Wildman–Crippen LogP) is 3.09. The van der Waals surface area contributed by atoms with Crippen molar-refractivity contribution in [2.75, 3.05) is 7.11 Å². The van der Waals surface area contributed by atoms with Gasteiger partial charge in [-0.25, -0.2) is 4.79 Å². The molecule has 0 fully saturated rings. The molecule has 0 bridgehead atoms. The number of rotatable bonds is 4. The van der Waals surface area contributed by atoms with Crippen LogP contribution in [-0.2, 0) is 9.53 Å². The summed E-state index contributed by atoms with van der Waals surface area (Å²) in [5.74, 6) is -0.847. The molecule has 5 heteroatoms. The summed E-state index contributed by atoms with van der Waals surface area (Å²) >= 11 is 3.31. The Kier molecular flexibility index (Phi) is 5.11. The van der Waals surface area contributed by atoms with Crippen molar-refractivity contribution in [3.05, 3.63) is 70.2 Å². The molecule has 1 atom stereocenters. The molecule has 1 amide bonds. The van der Waals surface area contributed by atoms with Crippen molar-refractivity contribution >= 4 is 27.8 Å². The van der Waals surface area contributed by atoms with Gasteiger partial charge >= 0.3 is 5.97 Å². The fraction of sp³-hybridized carbons (Fsp3) is 0.125. The molecule has 1 N–H and O–H groups in total. The zero-order chi connectivity index (χ0) is 15.2. The van der Waals surface area contributed by atoms with E-state index in [1.54, 1.807) is 42.5 Å². The standard InChI is InChI=1S/C16H14BrNO3/c1-21-16(20)14(11-6-3-2-4-7-11)18-15(19)12-8-5-9-13(17)10-12/h2-10,14H,1H3,(H,18,19)/t14-/m1/s1. The third kappa shape index (κ3) is 3.92. The Morgan fingerprint density at radius 1 is 1.10 bits per heavy atom. The second kappa shape index (κ2) is 7.04. The second-order valence-corrected chi connectivity index (χ2v) is 5.27. The fourth-order valence-electron chi connectivity index (χ4n) is 1.89. The number of esters is 1. The molecule has 0 unspecified atom stereocenters. The fourth-order valence-corrected chi connectivity index (χ4v) is 2.29. The summed E-state index contributed by atoms with van der Waals surface area (Å²) < 4.78 is 5.56.